The molecule has 3 aromatic rings. The standard InChI is InChI=1S/C25H26N4O/c1-4-7-22(5-2)29-25-26-16-21(17-27-25)20-12-10-19(11-13-20)15-24(30)28-23-9-6-8-18(3)14-23/h5-14,16-17H,2,4,15H2,1,3H3,(H,28,30)(H,26,27,29)/b22-7+. The first-order chi connectivity index (χ1) is 14.6. The molecule has 0 aliphatic heterocycles. The molecule has 5 heteroatoms. The van der Waals surface area contributed by atoms with Crippen LogP contribution in [0, 0.1) is 6.92 Å². The van der Waals surface area contributed by atoms with E-state index >= 15 is 0 Å². The van der Waals surface area contributed by atoms with E-state index in [0.717, 1.165) is 40.1 Å². The van der Waals surface area contributed by atoms with Crippen LogP contribution in [-0.4, -0.2) is 15.9 Å². The van der Waals surface area contributed by atoms with Crippen LogP contribution in [0.2, 0.25) is 0 Å². The number of nitrogens with one attached hydrogen (secondary N) is 2. The zero-order chi connectivity index (χ0) is 21.3. The van der Waals surface area contributed by atoms with Crippen LogP contribution in [-0.2, 0) is 11.2 Å². The molecule has 0 saturated heterocycles. The molecule has 30 heavy (non-hydrogen) atoms. The summed E-state index contributed by atoms with van der Waals surface area (Å²) in [6.45, 7) is 7.84. The number of amides is 1. The molecule has 2 aromatic carbocycles. The van der Waals surface area contributed by atoms with Crippen molar-refractivity contribution in [1.29, 1.82) is 0 Å². The Balaban J connectivity index is 1.61. The van der Waals surface area contributed by atoms with Crippen molar-refractivity contribution < 1.29 is 4.79 Å². The van der Waals surface area contributed by atoms with Crippen LogP contribution in [0.5, 0.6) is 0 Å². The monoisotopic (exact) mass is 398 g/mol. The minimum atomic E-state index is -0.0368. The first kappa shape index (κ1) is 21.0. The maximum atomic E-state index is 12.3. The second-order valence-corrected chi connectivity index (χ2v) is 6.98. The van der Waals surface area contributed by atoms with Gasteiger partial charge in [-0.15, -0.1) is 0 Å². The fourth-order valence-electron chi connectivity index (χ4n) is 3.00. The van der Waals surface area contributed by atoms with Gasteiger partial charge in [-0.25, -0.2) is 9.97 Å². The number of hydrogen-bond donors (Lipinski definition) is 2. The third kappa shape index (κ3) is 5.88. The van der Waals surface area contributed by atoms with E-state index in [1.54, 1.807) is 18.5 Å². The van der Waals surface area contributed by atoms with E-state index < -0.39 is 0 Å². The van der Waals surface area contributed by atoms with Crippen molar-refractivity contribution in [3.8, 4) is 11.1 Å². The average Bonchev–Trinajstić information content (AvgIpc) is 2.74. The van der Waals surface area contributed by atoms with Crippen LogP contribution in [0.3, 0.4) is 0 Å². The van der Waals surface area contributed by atoms with E-state index in [1.165, 1.54) is 0 Å². The number of allylic oxidation sites excluding steroid dienone is 2. The lowest BCUT2D eigenvalue weighted by Gasteiger charge is -2.08. The third-order valence-electron chi connectivity index (χ3n) is 4.51. The molecule has 0 atom stereocenters. The van der Waals surface area contributed by atoms with Crippen molar-refractivity contribution in [1.82, 2.24) is 9.97 Å². The van der Waals surface area contributed by atoms with E-state index in [4.69, 9.17) is 0 Å². The van der Waals surface area contributed by atoms with Crippen molar-refractivity contribution in [2.45, 2.75) is 26.7 Å². The molecule has 0 saturated carbocycles. The minimum Gasteiger partial charge on any atom is -0.326 e. The van der Waals surface area contributed by atoms with Crippen LogP contribution >= 0.6 is 0 Å². The highest BCUT2D eigenvalue weighted by Crippen LogP contribution is 2.20. The summed E-state index contributed by atoms with van der Waals surface area (Å²) >= 11 is 0. The van der Waals surface area contributed by atoms with Gasteiger partial charge in [-0.2, -0.15) is 0 Å². The Morgan fingerprint density at radius 2 is 1.77 bits per heavy atom. The summed E-state index contributed by atoms with van der Waals surface area (Å²) in [4.78, 5) is 21.0. The second-order valence-electron chi connectivity index (χ2n) is 6.98. The average molecular weight is 399 g/mol. The molecule has 1 amide bonds. The van der Waals surface area contributed by atoms with E-state index in [-0.39, 0.29) is 5.91 Å². The Morgan fingerprint density at radius 3 is 2.40 bits per heavy atom. The molecule has 3 rings (SSSR count). The summed E-state index contributed by atoms with van der Waals surface area (Å²) in [6.07, 6.45) is 8.55. The summed E-state index contributed by atoms with van der Waals surface area (Å²) in [5.41, 5.74) is 5.67. The first-order valence-electron chi connectivity index (χ1n) is 9.95. The molecule has 0 bridgehead atoms. The van der Waals surface area contributed by atoms with Crippen LogP contribution in [0.1, 0.15) is 24.5 Å². The van der Waals surface area contributed by atoms with Gasteiger partial charge in [0.05, 0.1) is 6.42 Å². The molecule has 0 fully saturated rings. The van der Waals surface area contributed by atoms with E-state index in [1.807, 2.05) is 61.5 Å². The van der Waals surface area contributed by atoms with E-state index in [0.29, 0.717) is 12.4 Å². The summed E-state index contributed by atoms with van der Waals surface area (Å²) in [5.74, 6) is 0.494. The molecule has 152 valence electrons. The molecule has 0 unspecified atom stereocenters. The van der Waals surface area contributed by atoms with Gasteiger partial charge in [0.15, 0.2) is 0 Å². The van der Waals surface area contributed by atoms with Gasteiger partial charge >= 0.3 is 0 Å². The van der Waals surface area contributed by atoms with Gasteiger partial charge in [-0.3, -0.25) is 4.79 Å². The Kier molecular flexibility index (Phi) is 7.11. The molecule has 5 nitrogen and oxygen atoms in total. The number of aromatic nitrogens is 2. The number of carbonyl (C=O) groups is 1. The highest BCUT2D eigenvalue weighted by molar-refractivity contribution is 5.92. The molecule has 0 aliphatic carbocycles. The number of nitrogens with zero attached hydrogens (tertiary/aromatic N) is 2. The van der Waals surface area contributed by atoms with Gasteiger partial charge in [0.2, 0.25) is 11.9 Å². The molecule has 2 N–H and O–H groups in total. The van der Waals surface area contributed by atoms with Crippen LogP contribution < -0.4 is 10.6 Å². The fraction of sp³-hybridized carbons (Fsp3) is 0.160. The van der Waals surface area contributed by atoms with Crippen LogP contribution in [0.15, 0.2) is 85.4 Å². The molecular weight excluding hydrogens is 372 g/mol. The zero-order valence-corrected chi connectivity index (χ0v) is 17.4. The van der Waals surface area contributed by atoms with E-state index in [2.05, 4.69) is 34.1 Å². The van der Waals surface area contributed by atoms with E-state index in [9.17, 15) is 4.79 Å². The first-order valence-corrected chi connectivity index (χ1v) is 9.95. The van der Waals surface area contributed by atoms with Gasteiger partial charge in [0.1, 0.15) is 0 Å². The number of aryl methyl sites for hydroxylation is 1. The molecule has 0 spiro atoms. The van der Waals surface area contributed by atoms with Gasteiger partial charge < -0.3 is 10.6 Å². The summed E-state index contributed by atoms with van der Waals surface area (Å²) in [5, 5.41) is 6.07. The highest BCUT2D eigenvalue weighted by atomic mass is 16.1. The topological polar surface area (TPSA) is 66.9 Å². The maximum Gasteiger partial charge on any atom is 0.228 e. The third-order valence-corrected chi connectivity index (χ3v) is 4.51. The smallest absolute Gasteiger partial charge is 0.228 e. The Hall–Kier alpha value is -3.73. The molecule has 1 aromatic heterocycles. The van der Waals surface area contributed by atoms with Gasteiger partial charge in [0.25, 0.3) is 0 Å². The second kappa shape index (κ2) is 10.2. The largest absolute Gasteiger partial charge is 0.326 e. The lowest BCUT2D eigenvalue weighted by atomic mass is 10.0. The quantitative estimate of drug-likeness (QED) is 0.490. The number of carbonyl (C=O) groups excluding carboxylic acids is 1. The Morgan fingerprint density at radius 1 is 1.03 bits per heavy atom. The normalized spacial score (nSPS) is 11.1. The summed E-state index contributed by atoms with van der Waals surface area (Å²) in [6, 6.07) is 15.6. The SMILES string of the molecule is C=C/C(=C\CC)Nc1ncc(-c2ccc(CC(=O)Nc3cccc(C)c3)cc2)cn1. The van der Waals surface area contributed by atoms with Crippen molar-refractivity contribution in [3.05, 3.63) is 96.5 Å². The minimum absolute atomic E-state index is 0.0368. The highest BCUT2D eigenvalue weighted by Gasteiger charge is 2.06. The van der Waals surface area contributed by atoms with Gasteiger partial charge in [-0.1, -0.05) is 56.0 Å². The van der Waals surface area contributed by atoms with Crippen LogP contribution in [0.4, 0.5) is 11.6 Å². The molecule has 0 radical (unpaired) electrons. The molecule has 1 heterocycles. The lowest BCUT2D eigenvalue weighted by Crippen LogP contribution is -2.14. The molecular formula is C25H26N4O. The van der Waals surface area contributed by atoms with Crippen LogP contribution in [0.25, 0.3) is 11.1 Å². The summed E-state index contributed by atoms with van der Waals surface area (Å²) in [7, 11) is 0. The summed E-state index contributed by atoms with van der Waals surface area (Å²) < 4.78 is 0. The zero-order valence-electron chi connectivity index (χ0n) is 17.4. The van der Waals surface area contributed by atoms with Crippen molar-refractivity contribution in [2.24, 2.45) is 0 Å². The van der Waals surface area contributed by atoms with Crippen molar-refractivity contribution in [2.75, 3.05) is 10.6 Å². The number of rotatable bonds is 8. The van der Waals surface area contributed by atoms with Crippen molar-refractivity contribution in [3.63, 3.8) is 0 Å². The predicted octanol–water partition coefficient (Wildman–Crippen LogP) is 5.53. The Bertz CT molecular complexity index is 1040. The number of benzene rings is 2. The lowest BCUT2D eigenvalue weighted by molar-refractivity contribution is -0.115. The Labute approximate surface area is 177 Å². The number of hydrogen-bond acceptors (Lipinski definition) is 4. The maximum absolute atomic E-state index is 12.3. The number of anilines is 2. The van der Waals surface area contributed by atoms with Crippen molar-refractivity contribution >= 4 is 17.5 Å². The molecule has 0 aliphatic rings. The van der Waals surface area contributed by atoms with Gasteiger partial charge in [-0.05, 0) is 48.2 Å². The predicted molar refractivity (Wildman–Crippen MR) is 123 cm³/mol. The fourth-order valence-corrected chi connectivity index (χ4v) is 3.00. The van der Waals surface area contributed by atoms with Gasteiger partial charge in [0, 0.05) is 29.3 Å².